The van der Waals surface area contributed by atoms with Crippen molar-refractivity contribution in [1.82, 2.24) is 0 Å². The number of carboxylic acids is 1. The van der Waals surface area contributed by atoms with E-state index in [1.165, 1.54) is 0 Å². The third-order valence-corrected chi connectivity index (χ3v) is 2.71. The Kier molecular flexibility index (Phi) is 2.09. The number of ether oxygens (including phenoxy) is 1. The predicted octanol–water partition coefficient (Wildman–Crippen LogP) is 3.43. The number of fused-ring (bicyclic) bond motifs is 2. The summed E-state index contributed by atoms with van der Waals surface area (Å²) < 4.78 is 5.43. The lowest BCUT2D eigenvalue weighted by molar-refractivity contribution is 0.0680. The van der Waals surface area contributed by atoms with E-state index in [2.05, 4.69) is 6.58 Å². The minimum atomic E-state index is -0.939. The van der Waals surface area contributed by atoms with Crippen LogP contribution in [0.1, 0.15) is 42.3 Å². The summed E-state index contributed by atoms with van der Waals surface area (Å²) in [5.74, 6) is -0.00319. The van der Waals surface area contributed by atoms with E-state index in [-0.39, 0.29) is 11.0 Å². The van der Waals surface area contributed by atoms with Crippen LogP contribution in [0.2, 0.25) is 0 Å². The van der Waals surface area contributed by atoms with Crippen molar-refractivity contribution in [3.63, 3.8) is 0 Å². The minimum Gasteiger partial charge on any atom is -0.477 e. The lowest BCUT2D eigenvalue weighted by Gasteiger charge is -2.32. The van der Waals surface area contributed by atoms with E-state index in [4.69, 9.17) is 9.84 Å². The van der Waals surface area contributed by atoms with Crippen LogP contribution in [0.15, 0.2) is 12.6 Å². The van der Waals surface area contributed by atoms with Gasteiger partial charge in [-0.25, -0.2) is 4.79 Å². The summed E-state index contributed by atoms with van der Waals surface area (Å²) in [5, 5.41) is 9.10. The van der Waals surface area contributed by atoms with Gasteiger partial charge in [-0.2, -0.15) is 0 Å². The van der Waals surface area contributed by atoms with Gasteiger partial charge in [0, 0.05) is 11.1 Å². The van der Waals surface area contributed by atoms with Crippen molar-refractivity contribution < 1.29 is 14.6 Å². The Labute approximate surface area is 94.4 Å². The highest BCUT2D eigenvalue weighted by Gasteiger charge is 2.36. The maximum Gasteiger partial charge on any atom is 0.343 e. The van der Waals surface area contributed by atoms with Gasteiger partial charge in [0.25, 0.3) is 0 Å². The first kappa shape index (κ1) is 10.7. The van der Waals surface area contributed by atoms with Crippen LogP contribution in [0, 0.1) is 0 Å². The quantitative estimate of drug-likeness (QED) is 0.839. The van der Waals surface area contributed by atoms with Gasteiger partial charge < -0.3 is 9.84 Å². The smallest absolute Gasteiger partial charge is 0.343 e. The zero-order chi connectivity index (χ0) is 12.1. The highest BCUT2D eigenvalue weighted by Crippen LogP contribution is 2.51. The predicted molar refractivity (Wildman–Crippen MR) is 62.3 cm³/mol. The van der Waals surface area contributed by atoms with Crippen LogP contribution < -0.4 is 4.74 Å². The van der Waals surface area contributed by atoms with Gasteiger partial charge in [0.05, 0.1) is 0 Å². The van der Waals surface area contributed by atoms with Gasteiger partial charge in [-0.1, -0.05) is 33.4 Å². The largest absolute Gasteiger partial charge is 0.477 e. The van der Waals surface area contributed by atoms with Crippen LogP contribution in [0.4, 0.5) is 0 Å². The number of benzene rings is 1. The molecule has 0 fully saturated rings. The fourth-order valence-corrected chi connectivity index (χ4v) is 1.84. The summed E-state index contributed by atoms with van der Waals surface area (Å²) >= 11 is 0. The second kappa shape index (κ2) is 3.11. The molecule has 16 heavy (non-hydrogen) atoms. The number of carboxylic acid groups (broad SMARTS) is 1. The van der Waals surface area contributed by atoms with Gasteiger partial charge in [-0.3, -0.25) is 0 Å². The molecule has 1 aromatic carbocycles. The summed E-state index contributed by atoms with van der Waals surface area (Å²) in [5.41, 5.74) is 1.80. The van der Waals surface area contributed by atoms with E-state index in [1.807, 2.05) is 26.8 Å². The molecule has 0 aromatic heterocycles. The van der Waals surface area contributed by atoms with Crippen molar-refractivity contribution in [3.8, 4) is 11.5 Å². The number of hydrogen-bond acceptors (Lipinski definition) is 2. The standard InChI is InChI=1S/C13H14O3/c1-5-7-6-8(13(2,3)4)11-9(12(14)15)10(7)16-11/h5-6H,1H2,2-4H3,(H,14,15). The Morgan fingerprint density at radius 2 is 2.06 bits per heavy atom. The van der Waals surface area contributed by atoms with Gasteiger partial charge in [0.1, 0.15) is 11.3 Å². The highest BCUT2D eigenvalue weighted by atomic mass is 16.5. The molecule has 0 saturated carbocycles. The first-order valence-corrected chi connectivity index (χ1v) is 5.11. The van der Waals surface area contributed by atoms with Crippen LogP contribution in [-0.2, 0) is 5.41 Å². The first-order chi connectivity index (χ1) is 7.36. The summed E-state index contributed by atoms with van der Waals surface area (Å²) in [6.07, 6.45) is 1.62. The Bertz CT molecular complexity index is 493. The van der Waals surface area contributed by atoms with Crippen molar-refractivity contribution >= 4 is 12.0 Å². The molecule has 84 valence electrons. The summed E-state index contributed by atoms with van der Waals surface area (Å²) in [4.78, 5) is 11.1. The van der Waals surface area contributed by atoms with Gasteiger partial charge >= 0.3 is 5.97 Å². The van der Waals surface area contributed by atoms with Crippen LogP contribution in [0.3, 0.4) is 0 Å². The maximum atomic E-state index is 11.1. The fraction of sp³-hybridized carbons (Fsp3) is 0.308. The topological polar surface area (TPSA) is 46.5 Å². The SMILES string of the molecule is C=Cc1cc(C(C)(C)C)c2c(C(=O)O)c1O2. The van der Waals surface area contributed by atoms with Crippen LogP contribution >= 0.6 is 0 Å². The number of carbonyl (C=O) groups is 1. The van der Waals surface area contributed by atoms with Crippen molar-refractivity contribution in [2.24, 2.45) is 0 Å². The Morgan fingerprint density at radius 1 is 1.44 bits per heavy atom. The molecule has 0 unspecified atom stereocenters. The highest BCUT2D eigenvalue weighted by molar-refractivity contribution is 6.00. The average molecular weight is 218 g/mol. The molecule has 1 N–H and O–H groups in total. The minimum absolute atomic E-state index is 0.143. The van der Waals surface area contributed by atoms with Gasteiger partial charge in [0.2, 0.25) is 0 Å². The van der Waals surface area contributed by atoms with Crippen LogP contribution in [-0.4, -0.2) is 11.1 Å². The molecule has 3 rings (SSSR count). The molecule has 2 bridgehead atoms. The molecule has 2 heterocycles. The second-order valence-corrected chi connectivity index (χ2v) is 4.91. The van der Waals surface area contributed by atoms with Gasteiger partial charge in [-0.15, -0.1) is 0 Å². The summed E-state index contributed by atoms with van der Waals surface area (Å²) in [7, 11) is 0. The maximum absolute atomic E-state index is 11.1. The average Bonchev–Trinajstić information content (AvgIpc) is 2.13. The Morgan fingerprint density at radius 3 is 2.50 bits per heavy atom. The van der Waals surface area contributed by atoms with Crippen LogP contribution in [0.25, 0.3) is 6.08 Å². The zero-order valence-corrected chi connectivity index (χ0v) is 9.63. The number of aromatic carboxylic acids is 1. The Balaban J connectivity index is 2.71. The van der Waals surface area contributed by atoms with Crippen molar-refractivity contribution in [3.05, 3.63) is 29.3 Å². The van der Waals surface area contributed by atoms with E-state index in [0.717, 1.165) is 11.1 Å². The fourth-order valence-electron chi connectivity index (χ4n) is 1.84. The third-order valence-electron chi connectivity index (χ3n) is 2.71. The lowest BCUT2D eigenvalue weighted by Crippen LogP contribution is -2.21. The summed E-state index contributed by atoms with van der Waals surface area (Å²) in [6, 6.07) is 1.95. The molecular formula is C13H14O3. The van der Waals surface area contributed by atoms with Crippen molar-refractivity contribution in [2.45, 2.75) is 26.2 Å². The Hall–Kier alpha value is -1.77. The number of hydrogen-bond donors (Lipinski definition) is 1. The first-order valence-electron chi connectivity index (χ1n) is 5.11. The molecule has 1 aromatic rings. The van der Waals surface area contributed by atoms with E-state index >= 15 is 0 Å². The molecular weight excluding hydrogens is 204 g/mol. The molecule has 0 amide bonds. The monoisotopic (exact) mass is 218 g/mol. The molecule has 3 heteroatoms. The normalized spacial score (nSPS) is 12.7. The molecule has 0 atom stereocenters. The molecule has 2 aliphatic heterocycles. The number of rotatable bonds is 2. The van der Waals surface area contributed by atoms with Crippen molar-refractivity contribution in [2.75, 3.05) is 0 Å². The molecule has 0 radical (unpaired) electrons. The molecule has 3 nitrogen and oxygen atoms in total. The zero-order valence-electron chi connectivity index (χ0n) is 9.63. The van der Waals surface area contributed by atoms with E-state index in [1.54, 1.807) is 6.08 Å². The van der Waals surface area contributed by atoms with Gasteiger partial charge in [-0.05, 0) is 11.5 Å². The molecule has 0 saturated heterocycles. The summed E-state index contributed by atoms with van der Waals surface area (Å²) in [6.45, 7) is 9.75. The molecule has 0 spiro atoms. The lowest BCUT2D eigenvalue weighted by atomic mass is 9.82. The van der Waals surface area contributed by atoms with Gasteiger partial charge in [0.15, 0.2) is 5.75 Å². The second-order valence-electron chi connectivity index (χ2n) is 4.91. The van der Waals surface area contributed by atoms with Crippen molar-refractivity contribution in [1.29, 1.82) is 0 Å². The molecule has 2 aliphatic rings. The van der Waals surface area contributed by atoms with E-state index in [9.17, 15) is 4.79 Å². The van der Waals surface area contributed by atoms with Crippen LogP contribution in [0.5, 0.6) is 11.5 Å². The molecule has 0 aliphatic carbocycles. The third kappa shape index (κ3) is 1.32. The van der Waals surface area contributed by atoms with E-state index in [0.29, 0.717) is 11.5 Å². The van der Waals surface area contributed by atoms with E-state index < -0.39 is 5.97 Å².